The van der Waals surface area contributed by atoms with Gasteiger partial charge in [0.1, 0.15) is 0 Å². The third-order valence-electron chi connectivity index (χ3n) is 1.18. The molecule has 0 radical (unpaired) electrons. The molecule has 0 saturated carbocycles. The molecule has 0 amide bonds. The van der Waals surface area contributed by atoms with Crippen LogP contribution in [-0.2, 0) is 0 Å². The van der Waals surface area contributed by atoms with E-state index in [2.05, 4.69) is 25.2 Å². The van der Waals surface area contributed by atoms with Crippen LogP contribution >= 0.6 is 24.0 Å². The highest BCUT2D eigenvalue weighted by molar-refractivity contribution is 14.0. The van der Waals surface area contributed by atoms with Crippen LogP contribution in [0.4, 0.5) is 0 Å². The summed E-state index contributed by atoms with van der Waals surface area (Å²) in [7, 11) is 0. The number of allylic oxidation sites excluding steroid dienone is 4. The molecule has 0 fully saturated rings. The van der Waals surface area contributed by atoms with Gasteiger partial charge < -0.3 is 0 Å². The molecule has 0 aromatic carbocycles. The van der Waals surface area contributed by atoms with Gasteiger partial charge in [-0.15, -0.1) is 24.0 Å². The van der Waals surface area contributed by atoms with Gasteiger partial charge in [-0.1, -0.05) is 23.8 Å². The highest BCUT2D eigenvalue weighted by Crippen LogP contribution is 2.06. The summed E-state index contributed by atoms with van der Waals surface area (Å²) < 4.78 is 0. The van der Waals surface area contributed by atoms with Gasteiger partial charge in [0.25, 0.3) is 0 Å². The molecule has 0 aliphatic heterocycles. The smallest absolute Gasteiger partial charge is 0.0310 e. The van der Waals surface area contributed by atoms with Crippen molar-refractivity contribution >= 4 is 24.0 Å². The molecule has 0 atom stereocenters. The molecule has 0 saturated heterocycles. The molecule has 1 aliphatic carbocycles. The number of hydrogen-bond acceptors (Lipinski definition) is 0. The lowest BCUT2D eigenvalue weighted by molar-refractivity contribution is 1.02. The SMILES string of the molecule is CC1=CCCC=C1.I. The number of halogens is 1. The van der Waals surface area contributed by atoms with Crippen LogP contribution in [-0.4, -0.2) is 0 Å². The highest BCUT2D eigenvalue weighted by Gasteiger charge is 1.86. The van der Waals surface area contributed by atoms with Gasteiger partial charge in [0.05, 0.1) is 0 Å². The summed E-state index contributed by atoms with van der Waals surface area (Å²) in [5, 5.41) is 0. The Labute approximate surface area is 67.7 Å². The minimum Gasteiger partial charge on any atom is -0.107 e. The summed E-state index contributed by atoms with van der Waals surface area (Å²) in [4.78, 5) is 0. The Kier molecular flexibility index (Phi) is 4.23. The van der Waals surface area contributed by atoms with Crippen molar-refractivity contribution in [2.75, 3.05) is 0 Å². The van der Waals surface area contributed by atoms with Crippen LogP contribution in [0.3, 0.4) is 0 Å². The van der Waals surface area contributed by atoms with Crippen LogP contribution in [0, 0.1) is 0 Å². The van der Waals surface area contributed by atoms with E-state index < -0.39 is 0 Å². The summed E-state index contributed by atoms with van der Waals surface area (Å²) in [5.74, 6) is 0. The Morgan fingerprint density at radius 2 is 2.12 bits per heavy atom. The van der Waals surface area contributed by atoms with Crippen LogP contribution in [0.2, 0.25) is 0 Å². The quantitative estimate of drug-likeness (QED) is 0.553. The van der Waals surface area contributed by atoms with Gasteiger partial charge in [0, 0.05) is 0 Å². The van der Waals surface area contributed by atoms with Crippen molar-refractivity contribution in [2.45, 2.75) is 19.8 Å². The largest absolute Gasteiger partial charge is 0.107 e. The fourth-order valence-corrected chi connectivity index (χ4v) is 0.744. The molecule has 1 aliphatic rings. The first-order chi connectivity index (χ1) is 3.39. The first kappa shape index (κ1) is 8.21. The monoisotopic (exact) mass is 222 g/mol. The molecule has 0 bridgehead atoms. The van der Waals surface area contributed by atoms with Crippen LogP contribution in [0.25, 0.3) is 0 Å². The Balaban J connectivity index is 0.000000490. The lowest BCUT2D eigenvalue weighted by Crippen LogP contribution is -1.76. The maximum atomic E-state index is 2.26. The van der Waals surface area contributed by atoms with E-state index in [1.165, 1.54) is 18.4 Å². The molecule has 0 aromatic rings. The second kappa shape index (κ2) is 4.13. The van der Waals surface area contributed by atoms with Crippen molar-refractivity contribution in [1.82, 2.24) is 0 Å². The first-order valence-electron chi connectivity index (χ1n) is 2.73. The summed E-state index contributed by atoms with van der Waals surface area (Å²) >= 11 is 0. The fourth-order valence-electron chi connectivity index (χ4n) is 0.744. The van der Waals surface area contributed by atoms with Crippen LogP contribution < -0.4 is 0 Å². The van der Waals surface area contributed by atoms with Gasteiger partial charge in [-0.25, -0.2) is 0 Å². The van der Waals surface area contributed by atoms with Gasteiger partial charge >= 0.3 is 0 Å². The lowest BCUT2D eigenvalue weighted by Gasteiger charge is -1.96. The van der Waals surface area contributed by atoms with Crippen LogP contribution in [0.5, 0.6) is 0 Å². The summed E-state index contributed by atoms with van der Waals surface area (Å²) in [6, 6.07) is 0. The molecule has 0 spiro atoms. The van der Waals surface area contributed by atoms with Gasteiger partial charge in [-0.05, 0) is 19.8 Å². The van der Waals surface area contributed by atoms with Gasteiger partial charge in [-0.2, -0.15) is 0 Å². The second-order valence-corrected chi connectivity index (χ2v) is 1.93. The summed E-state index contributed by atoms with van der Waals surface area (Å²) in [6.45, 7) is 2.13. The average molecular weight is 222 g/mol. The Bertz CT molecular complexity index is 112. The third-order valence-corrected chi connectivity index (χ3v) is 1.18. The van der Waals surface area contributed by atoms with Crippen molar-refractivity contribution < 1.29 is 0 Å². The standard InChI is InChI=1S/C7H10.HI/c1-7-5-3-2-4-6-7;/h3,5-6H,2,4H2,1H3;1H. The van der Waals surface area contributed by atoms with Gasteiger partial charge in [0.15, 0.2) is 0 Å². The Morgan fingerprint density at radius 1 is 1.38 bits per heavy atom. The van der Waals surface area contributed by atoms with Crippen molar-refractivity contribution in [3.63, 3.8) is 0 Å². The molecular weight excluding hydrogens is 211 g/mol. The van der Waals surface area contributed by atoms with E-state index >= 15 is 0 Å². The molecule has 46 valence electrons. The van der Waals surface area contributed by atoms with E-state index in [4.69, 9.17) is 0 Å². The lowest BCUT2D eigenvalue weighted by atomic mass is 10.1. The van der Waals surface area contributed by atoms with Crippen molar-refractivity contribution in [1.29, 1.82) is 0 Å². The average Bonchev–Trinajstić information content (AvgIpc) is 1.69. The van der Waals surface area contributed by atoms with E-state index in [1.54, 1.807) is 0 Å². The number of hydrogen-bond donors (Lipinski definition) is 0. The first-order valence-corrected chi connectivity index (χ1v) is 2.73. The zero-order chi connectivity index (χ0) is 5.11. The predicted molar refractivity (Wildman–Crippen MR) is 47.5 cm³/mol. The summed E-state index contributed by atoms with van der Waals surface area (Å²) in [5.41, 5.74) is 1.41. The molecule has 0 N–H and O–H groups in total. The Hall–Kier alpha value is 0.210. The van der Waals surface area contributed by atoms with Crippen molar-refractivity contribution in [2.24, 2.45) is 0 Å². The van der Waals surface area contributed by atoms with E-state index in [9.17, 15) is 0 Å². The van der Waals surface area contributed by atoms with Gasteiger partial charge in [-0.3, -0.25) is 0 Å². The van der Waals surface area contributed by atoms with E-state index in [0.717, 1.165) is 0 Å². The second-order valence-electron chi connectivity index (χ2n) is 1.93. The normalized spacial score (nSPS) is 16.9. The predicted octanol–water partition coefficient (Wildman–Crippen LogP) is 2.90. The topological polar surface area (TPSA) is 0 Å². The minimum atomic E-state index is 0. The molecule has 0 unspecified atom stereocenters. The van der Waals surface area contributed by atoms with Crippen molar-refractivity contribution in [3.8, 4) is 0 Å². The molecule has 0 heterocycles. The molecule has 0 nitrogen and oxygen atoms in total. The molecule has 0 aromatic heterocycles. The van der Waals surface area contributed by atoms with E-state index in [-0.39, 0.29) is 24.0 Å². The maximum absolute atomic E-state index is 2.26. The molecule has 1 heteroatoms. The van der Waals surface area contributed by atoms with Crippen LogP contribution in [0.1, 0.15) is 19.8 Å². The maximum Gasteiger partial charge on any atom is -0.0310 e. The Morgan fingerprint density at radius 3 is 2.38 bits per heavy atom. The van der Waals surface area contributed by atoms with Gasteiger partial charge in [0.2, 0.25) is 0 Å². The fraction of sp³-hybridized carbons (Fsp3) is 0.429. The molecule has 8 heavy (non-hydrogen) atoms. The van der Waals surface area contributed by atoms with E-state index in [1.807, 2.05) is 0 Å². The van der Waals surface area contributed by atoms with Crippen LogP contribution in [0.15, 0.2) is 23.8 Å². The number of rotatable bonds is 0. The molecular formula is C7H11I. The summed E-state index contributed by atoms with van der Waals surface area (Å²) in [6.07, 6.45) is 9.12. The zero-order valence-corrected chi connectivity index (χ0v) is 7.38. The third kappa shape index (κ3) is 2.50. The van der Waals surface area contributed by atoms with Crippen molar-refractivity contribution in [3.05, 3.63) is 23.8 Å². The van der Waals surface area contributed by atoms with E-state index in [0.29, 0.717) is 0 Å². The minimum absolute atomic E-state index is 0. The molecule has 1 rings (SSSR count). The highest BCUT2D eigenvalue weighted by atomic mass is 127. The zero-order valence-electron chi connectivity index (χ0n) is 5.05.